The molecule has 30 heavy (non-hydrogen) atoms. The van der Waals surface area contributed by atoms with E-state index in [0.29, 0.717) is 28.6 Å². The van der Waals surface area contributed by atoms with Gasteiger partial charge in [-0.1, -0.05) is 23.4 Å². The second kappa shape index (κ2) is 9.34. The number of fused-ring (bicyclic) bond motifs is 1. The zero-order chi connectivity index (χ0) is 20.9. The van der Waals surface area contributed by atoms with E-state index in [9.17, 15) is 9.59 Å². The number of amides is 2. The van der Waals surface area contributed by atoms with Crippen LogP contribution in [0, 0.1) is 0 Å². The molecule has 2 N–H and O–H groups in total. The topological polar surface area (TPSA) is 84.2 Å². The van der Waals surface area contributed by atoms with Crippen LogP contribution < -0.4 is 10.6 Å². The van der Waals surface area contributed by atoms with Crippen molar-refractivity contribution in [1.29, 1.82) is 0 Å². The average Bonchev–Trinajstić information content (AvgIpc) is 3.40. The highest BCUT2D eigenvalue weighted by atomic mass is 35.5. The number of nitrogens with zero attached hydrogens (tertiary/aromatic N) is 1. The second-order valence-corrected chi connectivity index (χ2v) is 8.96. The molecule has 0 spiro atoms. The lowest BCUT2D eigenvalue weighted by Crippen LogP contribution is -2.24. The highest BCUT2D eigenvalue weighted by Crippen LogP contribution is 2.31. The molecule has 0 atom stereocenters. The first-order chi connectivity index (χ1) is 14.6. The van der Waals surface area contributed by atoms with Crippen LogP contribution in [0.1, 0.15) is 16.1 Å². The molecule has 0 radical (unpaired) electrons. The van der Waals surface area contributed by atoms with Gasteiger partial charge in [-0.2, -0.15) is 0 Å². The third-order valence-corrected chi connectivity index (χ3v) is 6.51. The Morgan fingerprint density at radius 1 is 1.13 bits per heavy atom. The summed E-state index contributed by atoms with van der Waals surface area (Å²) >= 11 is 8.71. The van der Waals surface area contributed by atoms with Gasteiger partial charge in [-0.15, -0.1) is 11.3 Å². The zero-order valence-corrected chi connectivity index (χ0v) is 17.9. The summed E-state index contributed by atoms with van der Waals surface area (Å²) in [5.41, 5.74) is 2.03. The van der Waals surface area contributed by atoms with Crippen molar-refractivity contribution in [1.82, 2.24) is 10.3 Å². The van der Waals surface area contributed by atoms with Crippen LogP contribution in [-0.4, -0.2) is 22.6 Å². The minimum absolute atomic E-state index is 0.0911. The van der Waals surface area contributed by atoms with Crippen molar-refractivity contribution < 1.29 is 14.0 Å². The first-order valence-electron chi connectivity index (χ1n) is 8.96. The summed E-state index contributed by atoms with van der Waals surface area (Å²) in [6, 6.07) is 15.8. The van der Waals surface area contributed by atoms with E-state index in [1.807, 2.05) is 18.2 Å². The number of thioether (sulfide) groups is 1. The van der Waals surface area contributed by atoms with E-state index in [4.69, 9.17) is 16.0 Å². The number of anilines is 1. The van der Waals surface area contributed by atoms with Crippen LogP contribution in [0.3, 0.4) is 0 Å². The molecule has 2 amide bonds. The summed E-state index contributed by atoms with van der Waals surface area (Å²) in [6.45, 7) is 0.364. The quantitative estimate of drug-likeness (QED) is 0.372. The monoisotopic (exact) mass is 457 g/mol. The van der Waals surface area contributed by atoms with Crippen LogP contribution in [0.25, 0.3) is 10.2 Å². The van der Waals surface area contributed by atoms with Gasteiger partial charge >= 0.3 is 0 Å². The van der Waals surface area contributed by atoms with E-state index < -0.39 is 0 Å². The number of benzene rings is 2. The van der Waals surface area contributed by atoms with Gasteiger partial charge in [-0.3, -0.25) is 9.59 Å². The minimum Gasteiger partial charge on any atom is -0.467 e. The molecule has 2 aromatic carbocycles. The van der Waals surface area contributed by atoms with E-state index in [0.717, 1.165) is 14.6 Å². The Hall–Kier alpha value is -2.81. The third kappa shape index (κ3) is 5.21. The number of thiazole rings is 1. The number of halogens is 1. The van der Waals surface area contributed by atoms with Crippen molar-refractivity contribution in [3.8, 4) is 0 Å². The fourth-order valence-corrected chi connectivity index (χ4v) is 4.69. The molecule has 0 unspecified atom stereocenters. The molecule has 9 heteroatoms. The maximum absolute atomic E-state index is 12.4. The maximum Gasteiger partial charge on any atom is 0.255 e. The van der Waals surface area contributed by atoms with Gasteiger partial charge in [0.2, 0.25) is 5.91 Å². The number of nitrogens with one attached hydrogen (secondary N) is 2. The van der Waals surface area contributed by atoms with Crippen LogP contribution in [0.15, 0.2) is 69.6 Å². The summed E-state index contributed by atoms with van der Waals surface area (Å²) in [7, 11) is 0. The van der Waals surface area contributed by atoms with Gasteiger partial charge < -0.3 is 15.1 Å². The largest absolute Gasteiger partial charge is 0.467 e. The number of hydrogen-bond donors (Lipinski definition) is 2. The molecule has 2 aromatic heterocycles. The van der Waals surface area contributed by atoms with Crippen LogP contribution in [0.4, 0.5) is 5.69 Å². The summed E-state index contributed by atoms with van der Waals surface area (Å²) in [4.78, 5) is 28.9. The molecule has 6 nitrogen and oxygen atoms in total. The van der Waals surface area contributed by atoms with E-state index in [-0.39, 0.29) is 17.6 Å². The fourth-order valence-electron chi connectivity index (χ4n) is 2.62. The van der Waals surface area contributed by atoms with Gasteiger partial charge in [-0.25, -0.2) is 4.98 Å². The molecule has 0 bridgehead atoms. The standard InChI is InChI=1S/C21H16ClN3O3S2/c22-14-5-3-13(4-6-14)20(27)24-15-7-8-17-18(10-15)30-21(25-17)29-12-19(26)23-11-16-2-1-9-28-16/h1-10H,11-12H2,(H,23,26)(H,24,27). The number of carbonyl (C=O) groups is 2. The molecule has 0 fully saturated rings. The van der Waals surface area contributed by atoms with Crippen molar-refractivity contribution in [2.45, 2.75) is 10.9 Å². The Bertz CT molecular complexity index is 1170. The van der Waals surface area contributed by atoms with Crippen LogP contribution in [0.5, 0.6) is 0 Å². The number of hydrogen-bond acceptors (Lipinski definition) is 6. The van der Waals surface area contributed by atoms with Crippen molar-refractivity contribution in [3.05, 3.63) is 77.2 Å². The maximum atomic E-state index is 12.4. The SMILES string of the molecule is O=C(CSc1nc2ccc(NC(=O)c3ccc(Cl)cc3)cc2s1)NCc1ccco1. The van der Waals surface area contributed by atoms with Gasteiger partial charge in [0.15, 0.2) is 4.34 Å². The van der Waals surface area contributed by atoms with E-state index in [2.05, 4.69) is 15.6 Å². The predicted octanol–water partition coefficient (Wildman–Crippen LogP) is 5.20. The van der Waals surface area contributed by atoms with Crippen molar-refractivity contribution in [3.63, 3.8) is 0 Å². The van der Waals surface area contributed by atoms with Gasteiger partial charge in [0.1, 0.15) is 5.76 Å². The van der Waals surface area contributed by atoms with Crippen molar-refractivity contribution in [2.24, 2.45) is 0 Å². The smallest absolute Gasteiger partial charge is 0.255 e. The summed E-state index contributed by atoms with van der Waals surface area (Å²) in [5, 5.41) is 6.26. The lowest BCUT2D eigenvalue weighted by atomic mass is 10.2. The van der Waals surface area contributed by atoms with E-state index >= 15 is 0 Å². The molecular formula is C21H16ClN3O3S2. The van der Waals surface area contributed by atoms with Gasteiger partial charge in [0.05, 0.1) is 28.8 Å². The molecule has 0 aliphatic rings. The van der Waals surface area contributed by atoms with Gasteiger partial charge in [0, 0.05) is 16.3 Å². The van der Waals surface area contributed by atoms with Crippen molar-refractivity contribution >= 4 is 62.4 Å². The summed E-state index contributed by atoms with van der Waals surface area (Å²) in [5.74, 6) is 0.673. The third-order valence-electron chi connectivity index (χ3n) is 4.10. The Balaban J connectivity index is 1.35. The molecule has 0 saturated heterocycles. The Morgan fingerprint density at radius 3 is 2.73 bits per heavy atom. The average molecular weight is 458 g/mol. The van der Waals surface area contributed by atoms with Crippen LogP contribution in [-0.2, 0) is 11.3 Å². The molecule has 4 aromatic rings. The normalized spacial score (nSPS) is 10.8. The second-order valence-electron chi connectivity index (χ2n) is 6.27. The highest BCUT2D eigenvalue weighted by molar-refractivity contribution is 8.01. The number of rotatable bonds is 7. The Labute approximate surface area is 185 Å². The molecular weight excluding hydrogens is 442 g/mol. The predicted molar refractivity (Wildman–Crippen MR) is 120 cm³/mol. The summed E-state index contributed by atoms with van der Waals surface area (Å²) < 4.78 is 6.91. The Kier molecular flexibility index (Phi) is 6.37. The minimum atomic E-state index is -0.210. The number of furan rings is 1. The van der Waals surface area contributed by atoms with E-state index in [1.54, 1.807) is 42.7 Å². The molecule has 0 aliphatic carbocycles. The summed E-state index contributed by atoms with van der Waals surface area (Å²) in [6.07, 6.45) is 1.57. The number of aromatic nitrogens is 1. The highest BCUT2D eigenvalue weighted by Gasteiger charge is 2.11. The fraction of sp³-hybridized carbons (Fsp3) is 0.0952. The molecule has 152 valence electrons. The van der Waals surface area contributed by atoms with Crippen molar-refractivity contribution in [2.75, 3.05) is 11.1 Å². The van der Waals surface area contributed by atoms with Crippen LogP contribution in [0.2, 0.25) is 5.02 Å². The first-order valence-corrected chi connectivity index (χ1v) is 11.1. The lowest BCUT2D eigenvalue weighted by Gasteiger charge is -2.05. The van der Waals surface area contributed by atoms with Gasteiger partial charge in [0.25, 0.3) is 5.91 Å². The molecule has 0 saturated carbocycles. The molecule has 0 aliphatic heterocycles. The molecule has 2 heterocycles. The lowest BCUT2D eigenvalue weighted by molar-refractivity contribution is -0.118. The van der Waals surface area contributed by atoms with Crippen LogP contribution >= 0.6 is 34.7 Å². The first kappa shape index (κ1) is 20.5. The number of carbonyl (C=O) groups excluding carboxylic acids is 2. The zero-order valence-electron chi connectivity index (χ0n) is 15.6. The molecule has 4 rings (SSSR count). The Morgan fingerprint density at radius 2 is 1.97 bits per heavy atom. The van der Waals surface area contributed by atoms with Gasteiger partial charge in [-0.05, 0) is 54.6 Å². The van der Waals surface area contributed by atoms with E-state index in [1.165, 1.54) is 23.1 Å².